The molecule has 1 heterocycles. The molecule has 0 bridgehead atoms. The first-order valence-electron chi connectivity index (χ1n) is 12.8. The van der Waals surface area contributed by atoms with E-state index in [9.17, 15) is 4.79 Å². The fraction of sp³-hybridized carbons (Fsp3) is 0.621. The summed E-state index contributed by atoms with van der Waals surface area (Å²) in [7, 11) is -1.79. The molecule has 0 saturated heterocycles. The minimum atomic E-state index is -0.902. The van der Waals surface area contributed by atoms with Crippen LogP contribution in [0.5, 0.6) is 0 Å². The van der Waals surface area contributed by atoms with Crippen molar-refractivity contribution >= 4 is 35.2 Å². The van der Waals surface area contributed by atoms with Gasteiger partial charge in [0.25, 0.3) is 0 Å². The van der Waals surface area contributed by atoms with E-state index in [2.05, 4.69) is 97.4 Å². The van der Waals surface area contributed by atoms with Gasteiger partial charge >= 0.3 is 0 Å². The first-order valence-corrected chi connectivity index (χ1v) is 18.5. The first kappa shape index (κ1) is 30.2. The summed E-state index contributed by atoms with van der Waals surface area (Å²) >= 11 is 1.57. The molecular weight excluding hydrogens is 485 g/mol. The number of ketones is 1. The Morgan fingerprint density at radius 1 is 0.829 bits per heavy atom. The molecule has 0 amide bonds. The molecule has 2 unspecified atom stereocenters. The second kappa shape index (κ2) is 12.5. The molecule has 0 saturated carbocycles. The lowest BCUT2D eigenvalue weighted by Gasteiger charge is -2.39. The van der Waals surface area contributed by atoms with Crippen LogP contribution in [-0.2, 0) is 21.7 Å². The Labute approximate surface area is 222 Å². The largest absolute Gasteiger partial charge is 0.410 e. The Morgan fingerprint density at radius 3 is 1.83 bits per heavy atom. The van der Waals surface area contributed by atoms with E-state index in [0.29, 0.717) is 6.42 Å². The highest BCUT2D eigenvalue weighted by molar-refractivity contribution is 7.12. The highest BCUT2D eigenvalue weighted by Crippen LogP contribution is 2.45. The monoisotopic (exact) mass is 530 g/mol. The number of rotatable bonds is 11. The molecular formula is C29H46O3SSi2. The van der Waals surface area contributed by atoms with Crippen LogP contribution in [-0.4, -0.2) is 23.9 Å². The van der Waals surface area contributed by atoms with Gasteiger partial charge in [0.15, 0.2) is 5.78 Å². The van der Waals surface area contributed by atoms with Crippen molar-refractivity contribution in [2.45, 2.75) is 106 Å². The van der Waals surface area contributed by atoms with Crippen LogP contribution in [0.25, 0.3) is 0 Å². The number of thiophene rings is 1. The summed E-state index contributed by atoms with van der Waals surface area (Å²) in [6.07, 6.45) is 2.46. The smallest absolute Gasteiger partial charge is 0.205 e. The lowest BCUT2D eigenvalue weighted by molar-refractivity contribution is 0.0655. The van der Waals surface area contributed by atoms with Crippen LogP contribution in [0.1, 0.15) is 99.0 Å². The van der Waals surface area contributed by atoms with Gasteiger partial charge in [0.05, 0.1) is 17.1 Å². The number of benzene rings is 1. The predicted octanol–water partition coefficient (Wildman–Crippen LogP) is 8.84. The van der Waals surface area contributed by atoms with E-state index < -0.39 is 18.1 Å². The summed E-state index contributed by atoms with van der Waals surface area (Å²) in [6.45, 7) is 24.4. The average Bonchev–Trinajstić information content (AvgIpc) is 3.21. The minimum absolute atomic E-state index is 0.00843. The molecule has 6 heteroatoms. The second-order valence-corrected chi connectivity index (χ2v) is 17.1. The third-order valence-electron chi connectivity index (χ3n) is 5.95. The Morgan fingerprint density at radius 2 is 1.34 bits per heavy atom. The van der Waals surface area contributed by atoms with Gasteiger partial charge in [0, 0.05) is 6.42 Å². The Bertz CT molecular complexity index is 967. The van der Waals surface area contributed by atoms with E-state index in [1.165, 1.54) is 22.3 Å². The minimum Gasteiger partial charge on any atom is -0.410 e. The Hall–Kier alpha value is -1.06. The zero-order chi connectivity index (χ0) is 26.6. The number of aryl methyl sites for hydroxylation is 2. The maximum Gasteiger partial charge on any atom is 0.205 e. The van der Waals surface area contributed by atoms with Crippen LogP contribution in [0, 0.1) is 10.8 Å². The van der Waals surface area contributed by atoms with Crippen molar-refractivity contribution in [2.24, 2.45) is 10.8 Å². The van der Waals surface area contributed by atoms with Crippen molar-refractivity contribution in [3.8, 4) is 0 Å². The summed E-state index contributed by atoms with van der Waals surface area (Å²) in [5.74, 6) is 0.232. The fourth-order valence-corrected chi connectivity index (χ4v) is 7.11. The van der Waals surface area contributed by atoms with Gasteiger partial charge in [-0.25, -0.2) is 0 Å². The molecule has 2 radical (unpaired) electrons. The van der Waals surface area contributed by atoms with Gasteiger partial charge in [-0.3, -0.25) is 4.79 Å². The quantitative estimate of drug-likeness (QED) is 0.215. The third kappa shape index (κ3) is 8.78. The van der Waals surface area contributed by atoms with Crippen LogP contribution in [0.4, 0.5) is 0 Å². The average molecular weight is 531 g/mol. The first-order chi connectivity index (χ1) is 16.1. The van der Waals surface area contributed by atoms with Crippen molar-refractivity contribution < 1.29 is 13.6 Å². The van der Waals surface area contributed by atoms with Crippen molar-refractivity contribution in [1.82, 2.24) is 0 Å². The van der Waals surface area contributed by atoms with Crippen LogP contribution in [0.2, 0.25) is 26.2 Å². The standard InChI is InChI=1S/C29H46O3SSi2/c1-12-24(30)25-18-21(19-33-25)14-13-20-15-16-22(26(28(2,3)4)31-34(8)9)23(17-20)27(29(5,6)7)32-35(10)11/h15-19,26-27H,12-14H2,1-11H3. The fourth-order valence-electron chi connectivity index (χ4n) is 4.25. The number of hydrogen-bond acceptors (Lipinski definition) is 4. The van der Waals surface area contributed by atoms with Crippen LogP contribution in [0.3, 0.4) is 0 Å². The molecule has 2 rings (SSSR count). The van der Waals surface area contributed by atoms with Crippen molar-refractivity contribution in [3.63, 3.8) is 0 Å². The molecule has 2 aromatic rings. The molecule has 0 spiro atoms. The van der Waals surface area contributed by atoms with Crippen LogP contribution >= 0.6 is 11.3 Å². The van der Waals surface area contributed by atoms with Gasteiger partial charge in [-0.05, 0) is 83.6 Å². The highest BCUT2D eigenvalue weighted by atomic mass is 32.1. The molecule has 0 aliphatic heterocycles. The van der Waals surface area contributed by atoms with E-state index in [4.69, 9.17) is 8.85 Å². The van der Waals surface area contributed by atoms with E-state index in [1.807, 2.05) is 6.92 Å². The zero-order valence-electron chi connectivity index (χ0n) is 23.8. The number of Topliss-reactive ketones (excluding diaryl/α,β-unsaturated/α-hetero) is 1. The highest BCUT2D eigenvalue weighted by Gasteiger charge is 2.36. The summed E-state index contributed by atoms with van der Waals surface area (Å²) in [5.41, 5.74) is 5.04. The Kier molecular flexibility index (Phi) is 10.7. The number of carbonyl (C=O) groups excluding carboxylic acids is 1. The second-order valence-electron chi connectivity index (χ2n) is 12.1. The van der Waals surface area contributed by atoms with E-state index >= 15 is 0 Å². The topological polar surface area (TPSA) is 35.5 Å². The summed E-state index contributed by atoms with van der Waals surface area (Å²) in [4.78, 5) is 12.9. The summed E-state index contributed by atoms with van der Waals surface area (Å²) in [5, 5.41) is 2.14. The van der Waals surface area contributed by atoms with Crippen molar-refractivity contribution in [1.29, 1.82) is 0 Å². The lowest BCUT2D eigenvalue weighted by atomic mass is 9.77. The van der Waals surface area contributed by atoms with Gasteiger partial charge in [-0.15, -0.1) is 11.3 Å². The molecule has 1 aromatic carbocycles. The van der Waals surface area contributed by atoms with Gasteiger partial charge in [0.2, 0.25) is 18.1 Å². The maximum atomic E-state index is 12.1. The third-order valence-corrected chi connectivity index (χ3v) is 8.38. The van der Waals surface area contributed by atoms with Crippen LogP contribution < -0.4 is 0 Å². The molecule has 3 nitrogen and oxygen atoms in total. The molecule has 0 N–H and O–H groups in total. The molecule has 35 heavy (non-hydrogen) atoms. The van der Waals surface area contributed by atoms with Gasteiger partial charge in [0.1, 0.15) is 0 Å². The lowest BCUT2D eigenvalue weighted by Crippen LogP contribution is -2.31. The Balaban J connectivity index is 2.50. The zero-order valence-corrected chi connectivity index (χ0v) is 26.6. The van der Waals surface area contributed by atoms with Crippen molar-refractivity contribution in [3.05, 3.63) is 56.8 Å². The van der Waals surface area contributed by atoms with E-state index in [-0.39, 0.29) is 28.8 Å². The molecule has 194 valence electrons. The molecule has 0 aliphatic carbocycles. The molecule has 2 atom stereocenters. The summed E-state index contributed by atoms with van der Waals surface area (Å²) in [6, 6.07) is 9.02. The molecule has 1 aromatic heterocycles. The van der Waals surface area contributed by atoms with Crippen LogP contribution in [0.15, 0.2) is 29.6 Å². The molecule has 0 aliphatic rings. The van der Waals surface area contributed by atoms with E-state index in [1.54, 1.807) is 11.3 Å². The normalized spacial score (nSPS) is 14.5. The summed E-state index contributed by atoms with van der Waals surface area (Å²) < 4.78 is 13.3. The van der Waals surface area contributed by atoms with Gasteiger partial charge in [-0.2, -0.15) is 0 Å². The van der Waals surface area contributed by atoms with E-state index in [0.717, 1.165) is 17.7 Å². The molecule has 0 fully saturated rings. The van der Waals surface area contributed by atoms with Gasteiger partial charge < -0.3 is 8.85 Å². The van der Waals surface area contributed by atoms with Gasteiger partial charge in [-0.1, -0.05) is 66.7 Å². The SMILES string of the molecule is CCC(=O)c1cc(CCc2ccc(C(O[Si](C)C)C(C)(C)C)c(C(O[Si](C)C)C(C)(C)C)c2)cs1. The predicted molar refractivity (Wildman–Crippen MR) is 154 cm³/mol. The number of carbonyl (C=O) groups is 1. The number of hydrogen-bond donors (Lipinski definition) is 0. The van der Waals surface area contributed by atoms with Crippen molar-refractivity contribution in [2.75, 3.05) is 0 Å². The maximum absolute atomic E-state index is 12.1.